The molecule has 8 nitrogen and oxygen atoms in total. The van der Waals surface area contributed by atoms with Crippen molar-refractivity contribution in [1.82, 2.24) is 14.7 Å². The fraction of sp³-hybridized carbons (Fsp3) is 0.476. The summed E-state index contributed by atoms with van der Waals surface area (Å²) in [4.78, 5) is 33.4. The maximum absolute atomic E-state index is 12.8. The largest absolute Gasteiger partial charge is 0.341 e. The Morgan fingerprint density at radius 3 is 2.50 bits per heavy atom. The first-order valence-electron chi connectivity index (χ1n) is 10.1. The van der Waals surface area contributed by atoms with Crippen LogP contribution >= 0.6 is 0 Å². The van der Waals surface area contributed by atoms with E-state index in [2.05, 4.69) is 22.0 Å². The van der Waals surface area contributed by atoms with Crippen molar-refractivity contribution in [3.63, 3.8) is 0 Å². The number of carbonyl (C=O) groups excluding carboxylic acids is 2. The predicted molar refractivity (Wildman–Crippen MR) is 115 cm³/mol. The van der Waals surface area contributed by atoms with E-state index in [0.717, 1.165) is 30.5 Å². The molecule has 30 heavy (non-hydrogen) atoms. The maximum Gasteiger partial charge on any atom is 0.266 e. The number of carbonyl (C=O) groups is 2. The minimum Gasteiger partial charge on any atom is -0.341 e. The fourth-order valence-electron chi connectivity index (χ4n) is 3.75. The molecule has 0 spiro atoms. The Hall–Kier alpha value is -2.52. The Morgan fingerprint density at radius 2 is 1.90 bits per heavy atom. The van der Waals surface area contributed by atoms with Gasteiger partial charge in [0, 0.05) is 31.1 Å². The van der Waals surface area contributed by atoms with E-state index in [-0.39, 0.29) is 12.5 Å². The molecule has 0 unspecified atom stereocenters. The van der Waals surface area contributed by atoms with Crippen molar-refractivity contribution >= 4 is 28.1 Å². The van der Waals surface area contributed by atoms with Crippen molar-refractivity contribution in [2.75, 3.05) is 25.9 Å². The number of rotatable bonds is 7. The summed E-state index contributed by atoms with van der Waals surface area (Å²) < 4.78 is 23.4. The lowest BCUT2D eigenvalue weighted by molar-refractivity contribution is -0.140. The van der Waals surface area contributed by atoms with E-state index in [1.54, 1.807) is 11.1 Å². The predicted octanol–water partition coefficient (Wildman–Crippen LogP) is 1.51. The van der Waals surface area contributed by atoms with Gasteiger partial charge < -0.3 is 4.90 Å². The lowest BCUT2D eigenvalue weighted by Gasteiger charge is -2.33. The molecule has 9 heteroatoms. The molecule has 0 atom stereocenters. The van der Waals surface area contributed by atoms with E-state index in [1.807, 2.05) is 18.2 Å². The van der Waals surface area contributed by atoms with Crippen LogP contribution in [0.25, 0.3) is 0 Å². The normalized spacial score (nSPS) is 17.5. The Morgan fingerprint density at radius 1 is 1.20 bits per heavy atom. The second-order valence-corrected chi connectivity index (χ2v) is 9.52. The average molecular weight is 433 g/mol. The summed E-state index contributed by atoms with van der Waals surface area (Å²) in [6.45, 7) is 0.866. The summed E-state index contributed by atoms with van der Waals surface area (Å²) in [5.74, 6) is -0.296. The number of nitrogens with one attached hydrogen (secondary N) is 1. The number of sulfonamides is 1. The van der Waals surface area contributed by atoms with Crippen LogP contribution in [-0.2, 0) is 26.0 Å². The molecule has 1 aromatic rings. The summed E-state index contributed by atoms with van der Waals surface area (Å²) in [6.07, 6.45) is 7.88. The summed E-state index contributed by atoms with van der Waals surface area (Å²) in [5, 5.41) is 0.889. The van der Waals surface area contributed by atoms with Gasteiger partial charge in [0.05, 0.1) is 6.26 Å². The van der Waals surface area contributed by atoms with Gasteiger partial charge in [-0.15, -0.1) is 4.83 Å². The molecular weight excluding hydrogens is 404 g/mol. The molecular formula is C21H28N4O4S. The Balaban J connectivity index is 1.58. The van der Waals surface area contributed by atoms with E-state index in [0.29, 0.717) is 37.4 Å². The Bertz CT molecular complexity index is 920. The molecule has 1 fully saturated rings. The molecule has 2 aliphatic heterocycles. The second-order valence-electron chi connectivity index (χ2n) is 7.79. The minimum absolute atomic E-state index is 0.266. The molecule has 0 aromatic heterocycles. The van der Waals surface area contributed by atoms with Gasteiger partial charge in [-0.1, -0.05) is 30.3 Å². The highest BCUT2D eigenvalue weighted by atomic mass is 32.2. The first-order chi connectivity index (χ1) is 14.3. The van der Waals surface area contributed by atoms with Gasteiger partial charge >= 0.3 is 0 Å². The van der Waals surface area contributed by atoms with Gasteiger partial charge in [0.2, 0.25) is 15.9 Å². The van der Waals surface area contributed by atoms with Crippen LogP contribution in [0.5, 0.6) is 0 Å². The van der Waals surface area contributed by atoms with Crippen LogP contribution in [0.3, 0.4) is 0 Å². The van der Waals surface area contributed by atoms with Crippen molar-refractivity contribution in [1.29, 1.82) is 0 Å². The van der Waals surface area contributed by atoms with Crippen LogP contribution < -0.4 is 4.83 Å². The highest BCUT2D eigenvalue weighted by molar-refractivity contribution is 7.88. The molecule has 2 amide bonds. The van der Waals surface area contributed by atoms with Crippen LogP contribution in [0.1, 0.15) is 31.2 Å². The molecule has 162 valence electrons. The standard InChI is InChI=1S/C21H28N4O4S/c1-30(28,29)23-25(21(27)19-8-5-11-22-15-19)16-20(26)24-12-9-18(10-13-24)14-17-6-3-2-4-7-17/h2-4,6-7,11,15,18,23H,5,8-10,12-14,16H2,1H3. The molecule has 1 aromatic carbocycles. The molecule has 1 saturated heterocycles. The van der Waals surface area contributed by atoms with Gasteiger partial charge in [-0.25, -0.2) is 8.42 Å². The van der Waals surface area contributed by atoms with E-state index in [4.69, 9.17) is 0 Å². The number of aliphatic imine (C=N–C) groups is 1. The number of hydrogen-bond donors (Lipinski definition) is 1. The zero-order valence-corrected chi connectivity index (χ0v) is 18.0. The lowest BCUT2D eigenvalue weighted by Crippen LogP contribution is -2.52. The third kappa shape index (κ3) is 6.50. The van der Waals surface area contributed by atoms with Crippen LogP contribution in [0, 0.1) is 5.92 Å². The number of amides is 2. The summed E-state index contributed by atoms with van der Waals surface area (Å²) in [5.41, 5.74) is 1.67. The monoisotopic (exact) mass is 432 g/mol. The average Bonchev–Trinajstić information content (AvgIpc) is 2.73. The number of hydrazine groups is 1. The number of piperidine rings is 1. The highest BCUT2D eigenvalue weighted by Gasteiger charge is 2.28. The van der Waals surface area contributed by atoms with Gasteiger partial charge in [0.15, 0.2) is 0 Å². The molecule has 0 aliphatic carbocycles. The molecule has 2 heterocycles. The minimum atomic E-state index is -3.71. The van der Waals surface area contributed by atoms with Gasteiger partial charge in [0.25, 0.3) is 5.91 Å². The summed E-state index contributed by atoms with van der Waals surface area (Å²) in [7, 11) is -3.71. The van der Waals surface area contributed by atoms with Crippen molar-refractivity contribution in [2.24, 2.45) is 10.9 Å². The third-order valence-corrected chi connectivity index (χ3v) is 5.85. The SMILES string of the molecule is CS(=O)(=O)NN(CC(=O)N1CCC(Cc2ccccc2)CC1)C(=O)C1=CN=CCC1. The number of benzene rings is 1. The topological polar surface area (TPSA) is 99.1 Å². The van der Waals surface area contributed by atoms with Gasteiger partial charge in [-0.2, -0.15) is 0 Å². The Kier molecular flexibility index (Phi) is 7.38. The van der Waals surface area contributed by atoms with Crippen molar-refractivity contribution < 1.29 is 18.0 Å². The molecule has 0 radical (unpaired) electrons. The van der Waals surface area contributed by atoms with E-state index >= 15 is 0 Å². The zero-order valence-electron chi connectivity index (χ0n) is 17.2. The Labute approximate surface area is 177 Å². The smallest absolute Gasteiger partial charge is 0.266 e. The third-order valence-electron chi connectivity index (χ3n) is 5.30. The maximum atomic E-state index is 12.8. The second kappa shape index (κ2) is 9.99. The van der Waals surface area contributed by atoms with E-state index in [1.165, 1.54) is 11.8 Å². The first kappa shape index (κ1) is 22.2. The number of hydrogen-bond acceptors (Lipinski definition) is 5. The zero-order chi connectivity index (χ0) is 21.6. The molecule has 0 saturated carbocycles. The van der Waals surface area contributed by atoms with Crippen LogP contribution in [0.2, 0.25) is 0 Å². The van der Waals surface area contributed by atoms with Gasteiger partial charge in [-0.3, -0.25) is 19.6 Å². The molecule has 2 aliphatic rings. The quantitative estimate of drug-likeness (QED) is 0.660. The van der Waals surface area contributed by atoms with E-state index < -0.39 is 15.9 Å². The van der Waals surface area contributed by atoms with Crippen LogP contribution in [-0.4, -0.2) is 62.2 Å². The summed E-state index contributed by atoms with van der Waals surface area (Å²) in [6, 6.07) is 10.3. The van der Waals surface area contributed by atoms with Crippen LogP contribution in [0.4, 0.5) is 0 Å². The van der Waals surface area contributed by atoms with Crippen molar-refractivity contribution in [2.45, 2.75) is 32.1 Å². The van der Waals surface area contributed by atoms with E-state index in [9.17, 15) is 18.0 Å². The van der Waals surface area contributed by atoms with Crippen LogP contribution in [0.15, 0.2) is 47.1 Å². The number of likely N-dealkylation sites (tertiary alicyclic amines) is 1. The first-order valence-corrected chi connectivity index (χ1v) is 12.0. The summed E-state index contributed by atoms with van der Waals surface area (Å²) >= 11 is 0. The molecule has 0 bridgehead atoms. The van der Waals surface area contributed by atoms with Gasteiger partial charge in [-0.05, 0) is 43.6 Å². The molecule has 3 rings (SSSR count). The fourth-order valence-corrected chi connectivity index (χ4v) is 4.30. The lowest BCUT2D eigenvalue weighted by atomic mass is 9.90. The van der Waals surface area contributed by atoms with Crippen molar-refractivity contribution in [3.05, 3.63) is 47.7 Å². The van der Waals surface area contributed by atoms with Crippen molar-refractivity contribution in [3.8, 4) is 0 Å². The molecule has 1 N–H and O–H groups in total. The number of nitrogens with zero attached hydrogens (tertiary/aromatic N) is 3. The highest BCUT2D eigenvalue weighted by Crippen LogP contribution is 2.22. The van der Waals surface area contributed by atoms with Gasteiger partial charge in [0.1, 0.15) is 6.54 Å².